The number of rotatable bonds is 8. The van der Waals surface area contributed by atoms with Crippen LogP contribution in [0.25, 0.3) is 77.9 Å². The summed E-state index contributed by atoms with van der Waals surface area (Å²) in [6.45, 7) is 4.74. The predicted octanol–water partition coefficient (Wildman–Crippen LogP) is 13.3. The maximum Gasteiger partial charge on any atom is 0.205 e. The molecular weight excluding hydrogens is 775 g/mol. The molecule has 0 aliphatic carbocycles. The third-order valence-electron chi connectivity index (χ3n) is 11.8. The second kappa shape index (κ2) is 15.6. The SMILES string of the molecule is Cc1ccccc1N=C(N)N(c1ccccc1C)c1cccc2c1oc1cccc(Cn3c4ccccc4c4cc(-c5nc(-c6ccccc6)nc(-c6ccccc6)n5)ccc43)c12. The van der Waals surface area contributed by atoms with Crippen molar-refractivity contribution in [3.05, 3.63) is 205 Å². The van der Waals surface area contributed by atoms with Gasteiger partial charge in [0.05, 0.1) is 17.1 Å². The Morgan fingerprint density at radius 3 is 1.86 bits per heavy atom. The third kappa shape index (κ3) is 6.74. The zero-order chi connectivity index (χ0) is 42.4. The maximum atomic E-state index is 7.00. The Morgan fingerprint density at radius 2 is 1.13 bits per heavy atom. The van der Waals surface area contributed by atoms with Gasteiger partial charge in [-0.05, 0) is 79.1 Å². The van der Waals surface area contributed by atoms with Crippen LogP contribution in [-0.4, -0.2) is 25.5 Å². The average Bonchev–Trinajstić information content (AvgIpc) is 3.87. The van der Waals surface area contributed by atoms with Crippen molar-refractivity contribution in [1.29, 1.82) is 0 Å². The van der Waals surface area contributed by atoms with E-state index in [0.717, 1.165) is 94.2 Å². The third-order valence-corrected chi connectivity index (χ3v) is 11.8. The highest BCUT2D eigenvalue weighted by Gasteiger charge is 2.24. The summed E-state index contributed by atoms with van der Waals surface area (Å²) in [5.41, 5.74) is 19.4. The second-order valence-corrected chi connectivity index (χ2v) is 15.8. The predicted molar refractivity (Wildman–Crippen MR) is 258 cm³/mol. The van der Waals surface area contributed by atoms with Gasteiger partial charge in [-0.3, -0.25) is 4.90 Å². The number of furan rings is 1. The largest absolute Gasteiger partial charge is 0.454 e. The van der Waals surface area contributed by atoms with Crippen LogP contribution < -0.4 is 10.6 Å². The van der Waals surface area contributed by atoms with E-state index in [9.17, 15) is 0 Å². The molecule has 8 nitrogen and oxygen atoms in total. The summed E-state index contributed by atoms with van der Waals surface area (Å²) in [5, 5.41) is 4.33. The molecule has 0 amide bonds. The lowest BCUT2D eigenvalue weighted by molar-refractivity contribution is 0.668. The molecule has 302 valence electrons. The van der Waals surface area contributed by atoms with Gasteiger partial charge < -0.3 is 14.7 Å². The van der Waals surface area contributed by atoms with Crippen LogP contribution in [-0.2, 0) is 6.54 Å². The van der Waals surface area contributed by atoms with Crippen LogP contribution >= 0.6 is 0 Å². The Labute approximate surface area is 364 Å². The lowest BCUT2D eigenvalue weighted by atomic mass is 10.0. The molecule has 2 N–H and O–H groups in total. The Bertz CT molecular complexity index is 3480. The summed E-state index contributed by atoms with van der Waals surface area (Å²) in [4.78, 5) is 22.0. The van der Waals surface area contributed by atoms with E-state index in [0.29, 0.717) is 30.0 Å². The van der Waals surface area contributed by atoms with E-state index in [1.807, 2.05) is 115 Å². The number of nitrogens with two attached hydrogens (primary N) is 1. The number of aryl methyl sites for hydroxylation is 2. The van der Waals surface area contributed by atoms with E-state index < -0.39 is 0 Å². The molecule has 11 aromatic rings. The van der Waals surface area contributed by atoms with Gasteiger partial charge in [-0.25, -0.2) is 19.9 Å². The molecule has 0 spiro atoms. The van der Waals surface area contributed by atoms with Crippen molar-refractivity contribution in [2.45, 2.75) is 20.4 Å². The van der Waals surface area contributed by atoms with Gasteiger partial charge in [0.15, 0.2) is 23.1 Å². The van der Waals surface area contributed by atoms with Crippen LogP contribution in [0, 0.1) is 13.8 Å². The van der Waals surface area contributed by atoms with Gasteiger partial charge in [0.1, 0.15) is 5.58 Å². The molecule has 3 aromatic heterocycles. The first kappa shape index (κ1) is 37.6. The fraction of sp³-hybridized carbons (Fsp3) is 0.0545. The monoisotopic (exact) mass is 815 g/mol. The second-order valence-electron chi connectivity index (χ2n) is 15.8. The van der Waals surface area contributed by atoms with Gasteiger partial charge in [-0.15, -0.1) is 0 Å². The zero-order valence-electron chi connectivity index (χ0n) is 34.8. The highest BCUT2D eigenvalue weighted by Crippen LogP contribution is 2.41. The van der Waals surface area contributed by atoms with Crippen LogP contribution in [0.5, 0.6) is 0 Å². The first-order chi connectivity index (χ1) is 31.0. The smallest absolute Gasteiger partial charge is 0.205 e. The van der Waals surface area contributed by atoms with Gasteiger partial charge in [0, 0.05) is 55.8 Å². The minimum absolute atomic E-state index is 0.348. The summed E-state index contributed by atoms with van der Waals surface area (Å²) in [6.07, 6.45) is 0. The molecule has 0 saturated carbocycles. The molecule has 8 aromatic carbocycles. The van der Waals surface area contributed by atoms with Crippen LogP contribution in [0.3, 0.4) is 0 Å². The minimum atomic E-state index is 0.348. The van der Waals surface area contributed by atoms with E-state index >= 15 is 0 Å². The van der Waals surface area contributed by atoms with Crippen molar-refractivity contribution in [2.75, 3.05) is 4.90 Å². The number of benzene rings is 8. The summed E-state index contributed by atoms with van der Waals surface area (Å²) < 4.78 is 9.25. The van der Waals surface area contributed by atoms with Crippen molar-refractivity contribution in [3.8, 4) is 34.2 Å². The number of guanidine groups is 1. The topological polar surface area (TPSA) is 98.4 Å². The van der Waals surface area contributed by atoms with Crippen molar-refractivity contribution >= 4 is 66.8 Å². The number of fused-ring (bicyclic) bond motifs is 6. The van der Waals surface area contributed by atoms with Crippen molar-refractivity contribution < 1.29 is 4.42 Å². The van der Waals surface area contributed by atoms with Crippen molar-refractivity contribution in [2.24, 2.45) is 10.7 Å². The number of nitrogens with zero attached hydrogens (tertiary/aromatic N) is 6. The lowest BCUT2D eigenvalue weighted by Gasteiger charge is -2.25. The quantitative estimate of drug-likeness (QED) is 0.121. The zero-order valence-corrected chi connectivity index (χ0v) is 34.8. The molecule has 0 unspecified atom stereocenters. The number of aliphatic imine (C=N–C) groups is 1. The number of aromatic nitrogens is 4. The molecule has 0 saturated heterocycles. The van der Waals surface area contributed by atoms with Crippen LogP contribution in [0.1, 0.15) is 16.7 Å². The number of anilines is 2. The molecule has 3 heterocycles. The Balaban J connectivity index is 1.04. The highest BCUT2D eigenvalue weighted by molar-refractivity contribution is 6.16. The Hall–Kier alpha value is -8.36. The number of hydrogen-bond donors (Lipinski definition) is 1. The summed E-state index contributed by atoms with van der Waals surface area (Å²) >= 11 is 0. The highest BCUT2D eigenvalue weighted by atomic mass is 16.3. The molecule has 0 radical (unpaired) electrons. The molecule has 8 heteroatoms. The maximum absolute atomic E-state index is 7.00. The lowest BCUT2D eigenvalue weighted by Crippen LogP contribution is -2.33. The van der Waals surface area contributed by atoms with Gasteiger partial charge in [0.25, 0.3) is 0 Å². The summed E-state index contributed by atoms with van der Waals surface area (Å²) in [7, 11) is 0. The summed E-state index contributed by atoms with van der Waals surface area (Å²) in [6, 6.07) is 64.1. The fourth-order valence-electron chi connectivity index (χ4n) is 8.74. The first-order valence-corrected chi connectivity index (χ1v) is 21.1. The molecule has 63 heavy (non-hydrogen) atoms. The van der Waals surface area contributed by atoms with Crippen LogP contribution in [0.15, 0.2) is 197 Å². The molecule has 11 rings (SSSR count). The molecule has 0 aliphatic heterocycles. The van der Waals surface area contributed by atoms with E-state index in [1.165, 1.54) is 0 Å². The molecule has 0 bridgehead atoms. The standard InChI is InChI=1S/C55H41N7O/c1-35-17-9-12-26-44(35)57-55(56)62(45-27-13-10-18-36(45)2)48-29-16-25-42-50-40(23-15-30-49(50)63-51(42)48)34-61-46-28-14-11-24-41(46)43-33-39(31-32-47(43)61)54-59-52(37-19-5-3-6-20-37)58-53(60-54)38-21-7-4-8-22-38/h3-33H,34H2,1-2H3,(H2,56,57). The normalized spacial score (nSPS) is 11.9. The molecule has 0 aliphatic rings. The van der Waals surface area contributed by atoms with Crippen LogP contribution in [0.2, 0.25) is 0 Å². The van der Waals surface area contributed by atoms with Crippen molar-refractivity contribution in [1.82, 2.24) is 19.5 Å². The Kier molecular flexibility index (Phi) is 9.31. The minimum Gasteiger partial charge on any atom is -0.454 e. The van der Waals surface area contributed by atoms with Crippen molar-refractivity contribution in [3.63, 3.8) is 0 Å². The molecular formula is C55H41N7O. The first-order valence-electron chi connectivity index (χ1n) is 21.1. The van der Waals surface area contributed by atoms with Gasteiger partial charge in [0.2, 0.25) is 5.96 Å². The molecule has 0 atom stereocenters. The summed E-state index contributed by atoms with van der Waals surface area (Å²) in [5.74, 6) is 2.24. The number of para-hydroxylation sites is 4. The van der Waals surface area contributed by atoms with Gasteiger partial charge in [-0.1, -0.05) is 140 Å². The van der Waals surface area contributed by atoms with Crippen LogP contribution in [0.4, 0.5) is 17.1 Å². The average molecular weight is 816 g/mol. The Morgan fingerprint density at radius 1 is 0.540 bits per heavy atom. The van der Waals surface area contributed by atoms with Gasteiger partial charge in [-0.2, -0.15) is 0 Å². The van der Waals surface area contributed by atoms with E-state index in [2.05, 4.69) is 96.4 Å². The van der Waals surface area contributed by atoms with E-state index in [1.54, 1.807) is 0 Å². The molecule has 0 fully saturated rings. The number of hydrogen-bond acceptors (Lipinski definition) is 5. The fourth-order valence-corrected chi connectivity index (χ4v) is 8.74. The van der Waals surface area contributed by atoms with E-state index in [4.69, 9.17) is 30.1 Å². The van der Waals surface area contributed by atoms with Gasteiger partial charge >= 0.3 is 0 Å². The van der Waals surface area contributed by atoms with E-state index in [-0.39, 0.29) is 0 Å².